The van der Waals surface area contributed by atoms with Crippen LogP contribution in [0, 0.1) is 0 Å². The maximum atomic E-state index is 6.44. The van der Waals surface area contributed by atoms with Crippen molar-refractivity contribution >= 4 is 17.2 Å². The molecule has 0 unspecified atom stereocenters. The van der Waals surface area contributed by atoms with Crippen LogP contribution in [0.3, 0.4) is 0 Å². The quantitative estimate of drug-likeness (QED) is 0.639. The maximum absolute atomic E-state index is 6.44. The first kappa shape index (κ1) is 10.9. The van der Waals surface area contributed by atoms with Crippen molar-refractivity contribution in [2.24, 2.45) is 0 Å². The lowest BCUT2D eigenvalue weighted by Crippen LogP contribution is -1.99. The molecule has 0 atom stereocenters. The molecule has 0 spiro atoms. The lowest BCUT2D eigenvalue weighted by molar-refractivity contribution is 0.901. The first-order valence-corrected chi connectivity index (χ1v) is 6.68. The largest absolute Gasteiger partial charge is 0.265 e. The molecule has 5 heteroatoms. The highest BCUT2D eigenvalue weighted by atomic mass is 35.5. The van der Waals surface area contributed by atoms with Crippen molar-refractivity contribution < 1.29 is 0 Å². The maximum Gasteiger partial charge on any atom is 0.157 e. The first-order chi connectivity index (χ1) is 9.33. The Kier molecular flexibility index (Phi) is 2.32. The summed E-state index contributed by atoms with van der Waals surface area (Å²) < 4.78 is 1.74. The summed E-state index contributed by atoms with van der Waals surface area (Å²) in [5, 5.41) is 5.26. The molecular weight excluding hydrogens is 260 g/mol. The third-order valence-corrected chi connectivity index (χ3v) is 3.93. The van der Waals surface area contributed by atoms with Gasteiger partial charge in [-0.3, -0.25) is 4.98 Å². The van der Waals surface area contributed by atoms with Crippen molar-refractivity contribution in [3.05, 3.63) is 47.0 Å². The zero-order valence-electron chi connectivity index (χ0n) is 10.2. The van der Waals surface area contributed by atoms with Gasteiger partial charge < -0.3 is 0 Å². The number of aryl methyl sites for hydroxylation is 1. The molecule has 1 aliphatic rings. The molecule has 4 nitrogen and oxygen atoms in total. The summed E-state index contributed by atoms with van der Waals surface area (Å²) in [5.41, 5.74) is 4.99. The van der Waals surface area contributed by atoms with E-state index in [0.29, 0.717) is 5.15 Å². The summed E-state index contributed by atoms with van der Waals surface area (Å²) >= 11 is 6.44. The standard InChI is InChI=1S/C14H11ClN4/c15-14-10-2-1-3-11(10)17-13-8-12(18-19(13)14)9-4-6-16-7-5-9/h4-8H,1-3H2. The molecule has 94 valence electrons. The van der Waals surface area contributed by atoms with Gasteiger partial charge in [0.2, 0.25) is 0 Å². The molecule has 0 radical (unpaired) electrons. The van der Waals surface area contributed by atoms with Crippen LogP contribution in [0.2, 0.25) is 5.15 Å². The van der Waals surface area contributed by atoms with E-state index < -0.39 is 0 Å². The first-order valence-electron chi connectivity index (χ1n) is 6.30. The molecule has 0 aromatic carbocycles. The van der Waals surface area contributed by atoms with Crippen molar-refractivity contribution in [3.8, 4) is 11.3 Å². The highest BCUT2D eigenvalue weighted by Crippen LogP contribution is 2.29. The normalized spacial score (nSPS) is 13.9. The average Bonchev–Trinajstić information content (AvgIpc) is 3.06. The summed E-state index contributed by atoms with van der Waals surface area (Å²) in [6, 6.07) is 5.84. The van der Waals surface area contributed by atoms with Crippen LogP contribution in [0.15, 0.2) is 30.6 Å². The van der Waals surface area contributed by atoms with Crippen LogP contribution in [-0.4, -0.2) is 19.6 Å². The molecule has 0 amide bonds. The van der Waals surface area contributed by atoms with Crippen LogP contribution in [-0.2, 0) is 12.8 Å². The van der Waals surface area contributed by atoms with Gasteiger partial charge in [0.1, 0.15) is 5.15 Å². The Bertz CT molecular complexity index is 764. The fraction of sp³-hybridized carbons (Fsp3) is 0.214. The molecule has 0 saturated carbocycles. The van der Waals surface area contributed by atoms with Crippen LogP contribution < -0.4 is 0 Å². The summed E-state index contributed by atoms with van der Waals surface area (Å²) in [6.45, 7) is 0. The second-order valence-electron chi connectivity index (χ2n) is 4.72. The van der Waals surface area contributed by atoms with Crippen molar-refractivity contribution in [2.45, 2.75) is 19.3 Å². The van der Waals surface area contributed by atoms with Crippen LogP contribution in [0.25, 0.3) is 16.9 Å². The van der Waals surface area contributed by atoms with E-state index in [2.05, 4.69) is 15.1 Å². The van der Waals surface area contributed by atoms with Crippen molar-refractivity contribution in [1.29, 1.82) is 0 Å². The van der Waals surface area contributed by atoms with Crippen LogP contribution in [0.5, 0.6) is 0 Å². The van der Waals surface area contributed by atoms with E-state index in [1.807, 2.05) is 18.2 Å². The van der Waals surface area contributed by atoms with Gasteiger partial charge in [0.25, 0.3) is 0 Å². The highest BCUT2D eigenvalue weighted by molar-refractivity contribution is 6.30. The van der Waals surface area contributed by atoms with E-state index in [1.54, 1.807) is 16.9 Å². The molecule has 1 aliphatic carbocycles. The third-order valence-electron chi connectivity index (χ3n) is 3.54. The fourth-order valence-corrected chi connectivity index (χ4v) is 2.93. The Morgan fingerprint density at radius 1 is 1.16 bits per heavy atom. The monoisotopic (exact) mass is 270 g/mol. The van der Waals surface area contributed by atoms with Gasteiger partial charge in [-0.25, -0.2) is 9.50 Å². The molecule has 0 bridgehead atoms. The Balaban J connectivity index is 1.96. The second kappa shape index (κ2) is 4.03. The van der Waals surface area contributed by atoms with Gasteiger partial charge >= 0.3 is 0 Å². The Morgan fingerprint density at radius 3 is 2.84 bits per heavy atom. The number of fused-ring (bicyclic) bond motifs is 2. The van der Waals surface area contributed by atoms with Crippen molar-refractivity contribution in [3.63, 3.8) is 0 Å². The minimum absolute atomic E-state index is 0.706. The van der Waals surface area contributed by atoms with E-state index in [0.717, 1.165) is 47.4 Å². The minimum atomic E-state index is 0.706. The molecule has 0 aliphatic heterocycles. The fourth-order valence-electron chi connectivity index (χ4n) is 2.60. The SMILES string of the molecule is Clc1c2c(nc3cc(-c4ccncc4)nn13)CCC2. The topological polar surface area (TPSA) is 43.1 Å². The molecule has 19 heavy (non-hydrogen) atoms. The van der Waals surface area contributed by atoms with Crippen molar-refractivity contribution in [2.75, 3.05) is 0 Å². The molecule has 3 aromatic rings. The number of rotatable bonds is 1. The van der Waals surface area contributed by atoms with E-state index in [9.17, 15) is 0 Å². The molecule has 3 aromatic heterocycles. The summed E-state index contributed by atoms with van der Waals surface area (Å²) in [6.07, 6.45) is 6.66. The number of aromatic nitrogens is 4. The predicted octanol–water partition coefficient (Wildman–Crippen LogP) is 2.93. The summed E-state index contributed by atoms with van der Waals surface area (Å²) in [4.78, 5) is 8.68. The van der Waals surface area contributed by atoms with Gasteiger partial charge in [-0.05, 0) is 31.4 Å². The van der Waals surface area contributed by atoms with Gasteiger partial charge in [-0.1, -0.05) is 11.6 Å². The van der Waals surface area contributed by atoms with Gasteiger partial charge in [-0.2, -0.15) is 5.10 Å². The molecule has 4 rings (SSSR count). The summed E-state index contributed by atoms with van der Waals surface area (Å²) in [5.74, 6) is 0. The zero-order valence-corrected chi connectivity index (χ0v) is 10.9. The Labute approximate surface area is 115 Å². The van der Waals surface area contributed by atoms with E-state index in [1.165, 1.54) is 0 Å². The van der Waals surface area contributed by atoms with Gasteiger partial charge in [-0.15, -0.1) is 0 Å². The van der Waals surface area contributed by atoms with E-state index in [4.69, 9.17) is 11.6 Å². The number of halogens is 1. The molecular formula is C14H11ClN4. The van der Waals surface area contributed by atoms with Crippen molar-refractivity contribution in [1.82, 2.24) is 19.6 Å². The highest BCUT2D eigenvalue weighted by Gasteiger charge is 2.20. The number of hydrogen-bond donors (Lipinski definition) is 0. The number of nitrogens with zero attached hydrogens (tertiary/aromatic N) is 4. The lowest BCUT2D eigenvalue weighted by atomic mass is 10.2. The zero-order chi connectivity index (χ0) is 12.8. The summed E-state index contributed by atoms with van der Waals surface area (Å²) in [7, 11) is 0. The minimum Gasteiger partial charge on any atom is -0.265 e. The molecule has 0 N–H and O–H groups in total. The molecule has 0 saturated heterocycles. The second-order valence-corrected chi connectivity index (χ2v) is 5.07. The number of pyridine rings is 1. The molecule has 3 heterocycles. The van der Waals surface area contributed by atoms with E-state index in [-0.39, 0.29) is 0 Å². The van der Waals surface area contributed by atoms with Gasteiger partial charge in [0, 0.05) is 35.3 Å². The lowest BCUT2D eigenvalue weighted by Gasteiger charge is -2.03. The van der Waals surface area contributed by atoms with Crippen LogP contribution in [0.1, 0.15) is 17.7 Å². The third kappa shape index (κ3) is 1.64. The Morgan fingerprint density at radius 2 is 2.00 bits per heavy atom. The van der Waals surface area contributed by atoms with Crippen LogP contribution >= 0.6 is 11.6 Å². The smallest absolute Gasteiger partial charge is 0.157 e. The average molecular weight is 271 g/mol. The Hall–Kier alpha value is -1.94. The predicted molar refractivity (Wildman–Crippen MR) is 73.3 cm³/mol. The van der Waals surface area contributed by atoms with E-state index >= 15 is 0 Å². The van der Waals surface area contributed by atoms with Gasteiger partial charge in [0.15, 0.2) is 5.65 Å². The van der Waals surface area contributed by atoms with Crippen LogP contribution in [0.4, 0.5) is 0 Å². The van der Waals surface area contributed by atoms with Gasteiger partial charge in [0.05, 0.1) is 5.69 Å². The molecule has 0 fully saturated rings. The number of hydrogen-bond acceptors (Lipinski definition) is 3.